The van der Waals surface area contributed by atoms with Crippen molar-refractivity contribution < 1.29 is 66.3 Å². The smallest absolute Gasteiger partial charge is 0.318 e. The number of Topliss-reactive ketones (excluding diaryl/α,β-unsaturated/α-hetero) is 1. The number of aryl methyl sites for hydroxylation is 4. The number of nitrogens with one attached hydrogen (secondary N) is 2. The molecule has 0 radical (unpaired) electrons. The minimum atomic E-state index is -3.67. The number of aliphatic hydroxyl groups excluding tert-OH is 1. The summed E-state index contributed by atoms with van der Waals surface area (Å²) in [5, 5.41) is 14.9. The zero-order valence-corrected chi connectivity index (χ0v) is 53.0. The van der Waals surface area contributed by atoms with E-state index in [-0.39, 0.29) is 70.9 Å². The minimum absolute atomic E-state index is 0. The molecule has 2 aromatic carbocycles. The van der Waals surface area contributed by atoms with E-state index in [0.717, 1.165) is 108 Å². The number of nitrogens with zero attached hydrogens (tertiary/aromatic N) is 6. The van der Waals surface area contributed by atoms with E-state index in [9.17, 15) is 40.8 Å². The minimum Gasteiger partial charge on any atom is -0.397 e. The van der Waals surface area contributed by atoms with Gasteiger partial charge in [0.05, 0.1) is 5.75 Å². The van der Waals surface area contributed by atoms with Crippen molar-refractivity contribution in [3.63, 3.8) is 0 Å². The number of primary amides is 2. The maximum Gasteiger partial charge on any atom is 0.318 e. The van der Waals surface area contributed by atoms with Crippen LogP contribution in [-0.2, 0) is 61.3 Å². The standard InChI is InChI=1S/C26H39N5O4S.C26H37N5O4S.C3H6O.C2H6O.CH3.Pd/c2*1-17-5-7-20(8-6-17)23-28-24(32)26(29-23)10-12-31(13-11-26)36(34,35)14-9-22-18(2)15-21(16-19(22)3)30(4)25(27)33;1-3(2)4;1-2-3;;/h15-17,20H,5-14H2,1-4H3,(H2,27,33)(H,28,29,32);9,14-17,20H,5-8,10-13H2,1-4H3,(H2,27,33)(H,28,29,32);1-2H3;3H,2H2,1H3;1H3;/q;;;;-1;/b;14-9+;;;;. The van der Waals surface area contributed by atoms with Gasteiger partial charge >= 0.3 is 12.1 Å². The van der Waals surface area contributed by atoms with Crippen molar-refractivity contribution in [1.82, 2.24) is 19.2 Å². The number of anilines is 2. The van der Waals surface area contributed by atoms with Gasteiger partial charge in [0.15, 0.2) is 0 Å². The Kier molecular flexibility index (Phi) is 26.1. The van der Waals surface area contributed by atoms with Crippen LogP contribution in [0.3, 0.4) is 0 Å². The predicted octanol–water partition coefficient (Wildman–Crippen LogP) is 7.23. The molecule has 6 amide bonds. The second kappa shape index (κ2) is 30.1. The average molecular weight is 1260 g/mol. The molecule has 4 heterocycles. The average Bonchev–Trinajstić information content (AvgIpc) is 3.93. The Balaban J connectivity index is 0.000000373. The van der Waals surface area contributed by atoms with E-state index in [0.29, 0.717) is 68.4 Å². The monoisotopic (exact) mass is 1260 g/mol. The van der Waals surface area contributed by atoms with Gasteiger partial charge in [-0.15, -0.1) is 0 Å². The predicted molar refractivity (Wildman–Crippen MR) is 319 cm³/mol. The van der Waals surface area contributed by atoms with Crippen LogP contribution in [0.1, 0.15) is 145 Å². The second-order valence-corrected chi connectivity index (χ2v) is 26.6. The third-order valence-corrected chi connectivity index (χ3v) is 19.8. The first-order chi connectivity index (χ1) is 37.0. The van der Waals surface area contributed by atoms with Crippen LogP contribution in [0, 0.1) is 58.8 Å². The number of rotatable bonds is 11. The molecule has 0 aromatic heterocycles. The third kappa shape index (κ3) is 18.1. The van der Waals surface area contributed by atoms with Crippen LogP contribution in [0.2, 0.25) is 0 Å². The van der Waals surface area contributed by atoms with Gasteiger partial charge in [0.25, 0.3) is 11.8 Å². The van der Waals surface area contributed by atoms with Crippen LogP contribution in [0.25, 0.3) is 6.08 Å². The zero-order valence-electron chi connectivity index (χ0n) is 49.8. The first kappa shape index (κ1) is 70.4. The molecule has 7 N–H and O–H groups in total. The molecular formula is C58H91N10O10PdS2-. The number of sulfonamides is 2. The number of aliphatic hydroxyl groups is 1. The van der Waals surface area contributed by atoms with Gasteiger partial charge in [0.2, 0.25) is 20.0 Å². The fraction of sp³-hybridized carbons (Fsp3) is 0.621. The molecule has 6 aliphatic rings. The van der Waals surface area contributed by atoms with Crippen molar-refractivity contribution in [3.8, 4) is 0 Å². The molecule has 0 unspecified atom stereocenters. The molecule has 2 spiro atoms. The SMILES string of the molecule is CC(C)=O.CCO.Cc1cc(N(C)C(N)=O)cc(C)c1/C=C/S(=O)(=O)N1CCC2(CC1)N=C(C1CCC(C)CC1)NC2=O.Cc1cc(N(C)C(N)=O)cc(C)c1CCS(=O)(=O)N1CCC2(CC1)N=C(C1CCC(C)CC1)NC2=O.[CH3-].[Pd]. The van der Waals surface area contributed by atoms with Gasteiger partial charge in [-0.2, -0.15) is 4.31 Å². The maximum absolute atomic E-state index is 13.2. The van der Waals surface area contributed by atoms with Crippen LogP contribution >= 0.6 is 0 Å². The molecule has 20 nitrogen and oxygen atoms in total. The zero-order chi connectivity index (χ0) is 58.8. The van der Waals surface area contributed by atoms with E-state index in [4.69, 9.17) is 26.6 Å². The molecule has 23 heteroatoms. The van der Waals surface area contributed by atoms with Crippen molar-refractivity contribution in [1.29, 1.82) is 0 Å². The van der Waals surface area contributed by atoms with Gasteiger partial charge in [-0.1, -0.05) is 39.5 Å². The summed E-state index contributed by atoms with van der Waals surface area (Å²) in [4.78, 5) is 70.6. The number of urea groups is 2. The number of amidine groups is 2. The fourth-order valence-electron chi connectivity index (χ4n) is 11.3. The van der Waals surface area contributed by atoms with Crippen LogP contribution in [0.5, 0.6) is 0 Å². The Labute approximate surface area is 496 Å². The second-order valence-electron chi connectivity index (χ2n) is 22.7. The molecule has 0 atom stereocenters. The van der Waals surface area contributed by atoms with E-state index in [1.54, 1.807) is 39.2 Å². The summed E-state index contributed by atoms with van der Waals surface area (Å²) in [5.74, 6) is 3.69. The van der Waals surface area contributed by atoms with E-state index in [1.165, 1.54) is 37.7 Å². The Morgan fingerprint density at radius 3 is 1.36 bits per heavy atom. The van der Waals surface area contributed by atoms with Gasteiger partial charge in [0.1, 0.15) is 28.5 Å². The van der Waals surface area contributed by atoms with Gasteiger partial charge < -0.3 is 39.4 Å². The van der Waals surface area contributed by atoms with Gasteiger partial charge in [0, 0.05) is 95.9 Å². The third-order valence-electron chi connectivity index (χ3n) is 16.4. The van der Waals surface area contributed by atoms with Crippen LogP contribution in [0.4, 0.5) is 21.0 Å². The largest absolute Gasteiger partial charge is 0.397 e. The molecule has 81 heavy (non-hydrogen) atoms. The summed E-state index contributed by atoms with van der Waals surface area (Å²) in [6, 6.07) is 6.19. The normalized spacial score (nSPS) is 22.4. The van der Waals surface area contributed by atoms with Crippen molar-refractivity contribution in [2.75, 3.05) is 62.4 Å². The van der Waals surface area contributed by atoms with Gasteiger partial charge in [-0.25, -0.2) is 30.7 Å². The number of benzene rings is 2. The van der Waals surface area contributed by atoms with E-state index >= 15 is 0 Å². The molecule has 2 aromatic rings. The summed E-state index contributed by atoms with van der Waals surface area (Å²) >= 11 is 0. The molecule has 4 aliphatic heterocycles. The van der Waals surface area contributed by atoms with Crippen molar-refractivity contribution >= 4 is 78.8 Å². The molecule has 2 saturated carbocycles. The van der Waals surface area contributed by atoms with Gasteiger partial charge in [-0.3, -0.25) is 29.4 Å². The maximum atomic E-state index is 13.2. The van der Waals surface area contributed by atoms with Crippen molar-refractivity contribution in [2.24, 2.45) is 45.1 Å². The number of carbonyl (C=O) groups is 5. The fourth-order valence-corrected chi connectivity index (χ4v) is 13.9. The van der Waals surface area contributed by atoms with E-state index in [1.807, 2.05) is 39.8 Å². The quantitative estimate of drug-likeness (QED) is 0.111. The summed E-state index contributed by atoms with van der Waals surface area (Å²) in [5.41, 5.74) is 15.7. The van der Waals surface area contributed by atoms with Gasteiger partial charge in [-0.05, 0) is 182 Å². The molecule has 456 valence electrons. The summed E-state index contributed by atoms with van der Waals surface area (Å²) in [6.45, 7) is 18.2. The topological polar surface area (TPSA) is 288 Å². The van der Waals surface area contributed by atoms with E-state index in [2.05, 4.69) is 24.5 Å². The first-order valence-electron chi connectivity index (χ1n) is 27.8. The number of amides is 6. The first-order valence-corrected chi connectivity index (χ1v) is 30.9. The number of aliphatic imine (C=N–C) groups is 2. The summed E-state index contributed by atoms with van der Waals surface area (Å²) in [6.07, 6.45) is 12.4. The number of hydrogen-bond donors (Lipinski definition) is 5. The number of hydrogen-bond acceptors (Lipinski definition) is 12. The Hall–Kier alpha value is -4.89. The summed E-state index contributed by atoms with van der Waals surface area (Å²) < 4.78 is 55.5. The number of ketones is 1. The van der Waals surface area contributed by atoms with Crippen molar-refractivity contribution in [2.45, 2.75) is 157 Å². The Morgan fingerprint density at radius 2 is 1.01 bits per heavy atom. The molecular weight excluding hydrogens is 1170 g/mol. The number of carbonyl (C=O) groups excluding carboxylic acids is 5. The summed E-state index contributed by atoms with van der Waals surface area (Å²) in [7, 11) is -3.96. The van der Waals surface area contributed by atoms with E-state index < -0.39 is 43.2 Å². The molecule has 2 saturated heterocycles. The number of piperidine rings is 2. The van der Waals surface area contributed by atoms with Crippen LogP contribution in [-0.4, -0.2) is 136 Å². The molecule has 2 aliphatic carbocycles. The molecule has 4 fully saturated rings. The number of nitrogens with two attached hydrogens (primary N) is 2. The Bertz CT molecular complexity index is 2830. The van der Waals surface area contributed by atoms with Crippen molar-refractivity contribution in [3.05, 3.63) is 70.5 Å². The van der Waals surface area contributed by atoms with Crippen LogP contribution < -0.4 is 31.9 Å². The molecule has 0 bridgehead atoms. The Morgan fingerprint density at radius 1 is 0.679 bits per heavy atom. The van der Waals surface area contributed by atoms with Crippen LogP contribution in [0.15, 0.2) is 39.7 Å². The molecule has 8 rings (SSSR count).